The molecular weight excluding hydrogens is 369 g/mol. The number of sulfone groups is 1. The van der Waals surface area contributed by atoms with Crippen LogP contribution < -0.4 is 0 Å². The van der Waals surface area contributed by atoms with E-state index in [1.54, 1.807) is 19.1 Å². The number of rotatable bonds is 3. The van der Waals surface area contributed by atoms with Crippen molar-refractivity contribution in [2.24, 2.45) is 0 Å². The Morgan fingerprint density at radius 1 is 1.35 bits per heavy atom. The van der Waals surface area contributed by atoms with Crippen LogP contribution in [0.4, 0.5) is 4.39 Å². The average Bonchev–Trinajstić information content (AvgIpc) is 2.36. The van der Waals surface area contributed by atoms with E-state index in [-0.39, 0.29) is 15.6 Å². The Bertz CT molecular complexity index is 765. The molecule has 0 unspecified atom stereocenters. The fourth-order valence-electron chi connectivity index (χ4n) is 1.66. The summed E-state index contributed by atoms with van der Waals surface area (Å²) in [4.78, 5) is 3.94. The van der Waals surface area contributed by atoms with E-state index >= 15 is 0 Å². The third kappa shape index (κ3) is 3.19. The van der Waals surface area contributed by atoms with Gasteiger partial charge in [-0.1, -0.05) is 23.7 Å². The molecule has 2 rings (SSSR count). The van der Waals surface area contributed by atoms with Crippen molar-refractivity contribution in [3.63, 3.8) is 0 Å². The summed E-state index contributed by atoms with van der Waals surface area (Å²) >= 11 is 9.01. The predicted molar refractivity (Wildman–Crippen MR) is 79.0 cm³/mol. The van der Waals surface area contributed by atoms with Gasteiger partial charge in [0.2, 0.25) is 0 Å². The van der Waals surface area contributed by atoms with Gasteiger partial charge in [0.1, 0.15) is 11.6 Å². The van der Waals surface area contributed by atoms with Crippen LogP contribution in [0, 0.1) is 12.7 Å². The summed E-state index contributed by atoms with van der Waals surface area (Å²) < 4.78 is 38.8. The first kappa shape index (κ1) is 15.4. The standard InChI is InChI=1S/C13H10BrClFNO2S/c1-8-9(14)6-11(16)12(17-8)7-20(18,19)13-5-3-2-4-10(13)15/h2-6H,7H2,1H3. The second kappa shape index (κ2) is 5.79. The van der Waals surface area contributed by atoms with Gasteiger partial charge in [-0.25, -0.2) is 12.8 Å². The topological polar surface area (TPSA) is 47.0 Å². The van der Waals surface area contributed by atoms with Gasteiger partial charge < -0.3 is 0 Å². The highest BCUT2D eigenvalue weighted by atomic mass is 79.9. The lowest BCUT2D eigenvalue weighted by Gasteiger charge is -2.08. The molecule has 0 radical (unpaired) electrons. The molecule has 1 aromatic heterocycles. The minimum Gasteiger partial charge on any atom is -0.253 e. The molecule has 2 aromatic rings. The van der Waals surface area contributed by atoms with E-state index in [2.05, 4.69) is 20.9 Å². The molecular formula is C13H10BrClFNO2S. The Morgan fingerprint density at radius 2 is 2.00 bits per heavy atom. The van der Waals surface area contributed by atoms with Gasteiger partial charge >= 0.3 is 0 Å². The van der Waals surface area contributed by atoms with Crippen molar-refractivity contribution in [3.8, 4) is 0 Å². The van der Waals surface area contributed by atoms with E-state index in [4.69, 9.17) is 11.6 Å². The number of halogens is 3. The van der Waals surface area contributed by atoms with Crippen LogP contribution in [0.5, 0.6) is 0 Å². The van der Waals surface area contributed by atoms with Crippen molar-refractivity contribution >= 4 is 37.4 Å². The molecule has 0 N–H and O–H groups in total. The third-order valence-corrected chi connectivity index (χ3v) is 5.60. The number of hydrogen-bond acceptors (Lipinski definition) is 3. The van der Waals surface area contributed by atoms with Crippen LogP contribution in [0.15, 0.2) is 39.7 Å². The summed E-state index contributed by atoms with van der Waals surface area (Å²) in [7, 11) is -3.75. The van der Waals surface area contributed by atoms with E-state index in [1.807, 2.05) is 0 Å². The molecule has 0 aliphatic carbocycles. The van der Waals surface area contributed by atoms with Crippen LogP contribution in [-0.4, -0.2) is 13.4 Å². The summed E-state index contributed by atoms with van der Waals surface area (Å²) in [5.74, 6) is -1.20. The summed E-state index contributed by atoms with van der Waals surface area (Å²) in [6.07, 6.45) is 0. The van der Waals surface area contributed by atoms with E-state index in [0.717, 1.165) is 0 Å². The molecule has 0 atom stereocenters. The Morgan fingerprint density at radius 3 is 2.65 bits per heavy atom. The molecule has 0 aliphatic rings. The minimum absolute atomic E-state index is 0.0246. The maximum absolute atomic E-state index is 13.8. The largest absolute Gasteiger partial charge is 0.253 e. The van der Waals surface area contributed by atoms with Gasteiger partial charge in [-0.2, -0.15) is 0 Å². The number of hydrogen-bond donors (Lipinski definition) is 0. The normalized spacial score (nSPS) is 11.6. The number of aryl methyl sites for hydroxylation is 1. The quantitative estimate of drug-likeness (QED) is 0.813. The number of aromatic nitrogens is 1. The molecule has 3 nitrogen and oxygen atoms in total. The van der Waals surface area contributed by atoms with Crippen LogP contribution in [-0.2, 0) is 15.6 Å². The van der Waals surface area contributed by atoms with E-state index in [9.17, 15) is 12.8 Å². The van der Waals surface area contributed by atoms with Crippen molar-refractivity contribution in [1.82, 2.24) is 4.98 Å². The lowest BCUT2D eigenvalue weighted by atomic mass is 10.3. The summed E-state index contributed by atoms with van der Waals surface area (Å²) in [5.41, 5.74) is 0.404. The smallest absolute Gasteiger partial charge is 0.185 e. The fraction of sp³-hybridized carbons (Fsp3) is 0.154. The number of benzene rings is 1. The van der Waals surface area contributed by atoms with Gasteiger partial charge in [-0.3, -0.25) is 4.98 Å². The van der Waals surface area contributed by atoms with Crippen LogP contribution in [0.1, 0.15) is 11.4 Å². The molecule has 20 heavy (non-hydrogen) atoms. The summed E-state index contributed by atoms with van der Waals surface area (Å²) in [6, 6.07) is 7.27. The fourth-order valence-corrected chi connectivity index (χ4v) is 3.81. The highest BCUT2D eigenvalue weighted by molar-refractivity contribution is 9.10. The van der Waals surface area contributed by atoms with Gasteiger partial charge in [0, 0.05) is 4.47 Å². The monoisotopic (exact) mass is 377 g/mol. The highest BCUT2D eigenvalue weighted by Crippen LogP contribution is 2.25. The van der Waals surface area contributed by atoms with Gasteiger partial charge in [0.25, 0.3) is 0 Å². The zero-order chi connectivity index (χ0) is 14.9. The average molecular weight is 379 g/mol. The molecule has 0 fully saturated rings. The maximum Gasteiger partial charge on any atom is 0.185 e. The summed E-state index contributed by atoms with van der Waals surface area (Å²) in [6.45, 7) is 1.66. The van der Waals surface area contributed by atoms with E-state index < -0.39 is 21.4 Å². The van der Waals surface area contributed by atoms with Gasteiger partial charge in [0.05, 0.1) is 21.3 Å². The Labute approximate surface area is 129 Å². The minimum atomic E-state index is -3.75. The molecule has 1 aromatic carbocycles. The predicted octanol–water partition coefficient (Wildman–Crippen LogP) is 3.92. The van der Waals surface area contributed by atoms with Crippen LogP contribution in [0.25, 0.3) is 0 Å². The van der Waals surface area contributed by atoms with Crippen LogP contribution >= 0.6 is 27.5 Å². The second-order valence-electron chi connectivity index (χ2n) is 4.17. The van der Waals surface area contributed by atoms with E-state index in [1.165, 1.54) is 18.2 Å². The second-order valence-corrected chi connectivity index (χ2v) is 7.39. The SMILES string of the molecule is Cc1nc(CS(=O)(=O)c2ccccc2Cl)c(F)cc1Br. The van der Waals surface area contributed by atoms with Crippen molar-refractivity contribution in [1.29, 1.82) is 0 Å². The van der Waals surface area contributed by atoms with Gasteiger partial charge in [-0.15, -0.1) is 0 Å². The van der Waals surface area contributed by atoms with Crippen molar-refractivity contribution in [3.05, 3.63) is 57.0 Å². The molecule has 0 saturated heterocycles. The van der Waals surface area contributed by atoms with Crippen LogP contribution in [0.2, 0.25) is 5.02 Å². The molecule has 0 spiro atoms. The number of nitrogens with zero attached hydrogens (tertiary/aromatic N) is 1. The zero-order valence-electron chi connectivity index (χ0n) is 10.4. The van der Waals surface area contributed by atoms with E-state index in [0.29, 0.717) is 10.2 Å². The lowest BCUT2D eigenvalue weighted by molar-refractivity contribution is 0.581. The summed E-state index contributed by atoms with van der Waals surface area (Å²) in [5, 5.41) is 0.113. The molecule has 7 heteroatoms. The Kier molecular flexibility index (Phi) is 4.46. The third-order valence-electron chi connectivity index (χ3n) is 2.68. The van der Waals surface area contributed by atoms with Crippen molar-refractivity contribution in [2.75, 3.05) is 0 Å². The lowest BCUT2D eigenvalue weighted by Crippen LogP contribution is -2.09. The first-order chi connectivity index (χ1) is 9.31. The van der Waals surface area contributed by atoms with Gasteiger partial charge in [0.15, 0.2) is 9.84 Å². The first-order valence-corrected chi connectivity index (χ1v) is 8.42. The molecule has 0 amide bonds. The van der Waals surface area contributed by atoms with Crippen molar-refractivity contribution in [2.45, 2.75) is 17.6 Å². The maximum atomic E-state index is 13.8. The van der Waals surface area contributed by atoms with Crippen LogP contribution in [0.3, 0.4) is 0 Å². The highest BCUT2D eigenvalue weighted by Gasteiger charge is 2.21. The molecule has 1 heterocycles. The van der Waals surface area contributed by atoms with Crippen molar-refractivity contribution < 1.29 is 12.8 Å². The first-order valence-electron chi connectivity index (χ1n) is 5.60. The number of pyridine rings is 1. The Hall–Kier alpha value is -0.980. The molecule has 0 aliphatic heterocycles. The zero-order valence-corrected chi connectivity index (χ0v) is 13.6. The molecule has 106 valence electrons. The van der Waals surface area contributed by atoms with Gasteiger partial charge in [-0.05, 0) is 41.1 Å². The molecule has 0 saturated carbocycles. The molecule has 0 bridgehead atoms. The Balaban J connectivity index is 2.44.